The number of amides is 1. The normalized spacial score (nSPS) is 15.0. The average molecular weight is 333 g/mol. The van der Waals surface area contributed by atoms with Crippen LogP contribution >= 0.6 is 0 Å². The van der Waals surface area contributed by atoms with Crippen molar-refractivity contribution < 1.29 is 4.79 Å². The molecule has 4 nitrogen and oxygen atoms in total. The van der Waals surface area contributed by atoms with E-state index >= 15 is 0 Å². The summed E-state index contributed by atoms with van der Waals surface area (Å²) in [5.74, 6) is 0.126. The first-order valence-electron chi connectivity index (χ1n) is 8.79. The molecule has 0 radical (unpaired) electrons. The van der Waals surface area contributed by atoms with E-state index < -0.39 is 0 Å². The predicted molar refractivity (Wildman–Crippen MR) is 98.2 cm³/mol. The first kappa shape index (κ1) is 17.2. The molecule has 2 aromatic rings. The smallest absolute Gasteiger partial charge is 0.253 e. The van der Waals surface area contributed by atoms with Crippen LogP contribution in [0.3, 0.4) is 0 Å². The molecule has 0 atom stereocenters. The summed E-state index contributed by atoms with van der Waals surface area (Å²) >= 11 is 0. The molecule has 0 spiro atoms. The minimum Gasteiger partial charge on any atom is -0.336 e. The minimum absolute atomic E-state index is 0.126. The van der Waals surface area contributed by atoms with Gasteiger partial charge in [0, 0.05) is 38.3 Å². The van der Waals surface area contributed by atoms with Gasteiger partial charge in [-0.05, 0) is 41.8 Å². The number of carbonyl (C=O) groups excluding carboxylic acids is 1. The van der Waals surface area contributed by atoms with E-state index in [1.54, 1.807) is 0 Å². The van der Waals surface area contributed by atoms with Crippen molar-refractivity contribution in [3.05, 3.63) is 70.8 Å². The van der Waals surface area contributed by atoms with Crippen LogP contribution in [0.15, 0.2) is 48.5 Å². The molecule has 1 amide bonds. The maximum absolute atomic E-state index is 12.6. The van der Waals surface area contributed by atoms with Crippen LogP contribution in [0, 0.1) is 11.3 Å². The van der Waals surface area contributed by atoms with Crippen LogP contribution in [0.4, 0.5) is 0 Å². The number of benzene rings is 2. The van der Waals surface area contributed by atoms with E-state index in [2.05, 4.69) is 17.9 Å². The molecule has 1 saturated heterocycles. The quantitative estimate of drug-likeness (QED) is 0.864. The van der Waals surface area contributed by atoms with Crippen molar-refractivity contribution in [2.24, 2.45) is 0 Å². The third-order valence-corrected chi connectivity index (χ3v) is 4.76. The Hall–Kier alpha value is -2.64. The van der Waals surface area contributed by atoms with Crippen molar-refractivity contribution in [2.45, 2.75) is 19.9 Å². The summed E-state index contributed by atoms with van der Waals surface area (Å²) in [5.41, 5.74) is 3.92. The highest BCUT2D eigenvalue weighted by molar-refractivity contribution is 5.94. The average Bonchev–Trinajstić information content (AvgIpc) is 2.69. The lowest BCUT2D eigenvalue weighted by molar-refractivity contribution is 0.0628. The lowest BCUT2D eigenvalue weighted by atomic mass is 10.1. The highest BCUT2D eigenvalue weighted by Gasteiger charge is 2.22. The van der Waals surface area contributed by atoms with Crippen molar-refractivity contribution in [3.63, 3.8) is 0 Å². The van der Waals surface area contributed by atoms with Gasteiger partial charge in [-0.3, -0.25) is 9.69 Å². The molecule has 25 heavy (non-hydrogen) atoms. The van der Waals surface area contributed by atoms with Crippen LogP contribution in [0.1, 0.15) is 34.0 Å². The van der Waals surface area contributed by atoms with E-state index in [0.717, 1.165) is 44.7 Å². The summed E-state index contributed by atoms with van der Waals surface area (Å²) < 4.78 is 0. The molecule has 1 aliphatic heterocycles. The summed E-state index contributed by atoms with van der Waals surface area (Å²) in [6, 6.07) is 17.8. The lowest BCUT2D eigenvalue weighted by Gasteiger charge is -2.34. The number of nitrogens with zero attached hydrogens (tertiary/aromatic N) is 3. The molecule has 0 bridgehead atoms. The molecule has 0 unspecified atom stereocenters. The lowest BCUT2D eigenvalue weighted by Crippen LogP contribution is -2.48. The number of piperazine rings is 1. The second kappa shape index (κ2) is 7.96. The molecule has 1 heterocycles. The Bertz CT molecular complexity index is 751. The van der Waals surface area contributed by atoms with Gasteiger partial charge in [-0.1, -0.05) is 31.2 Å². The van der Waals surface area contributed by atoms with Gasteiger partial charge in [0.05, 0.1) is 11.6 Å². The Balaban J connectivity index is 1.53. The van der Waals surface area contributed by atoms with Crippen molar-refractivity contribution in [1.82, 2.24) is 9.80 Å². The summed E-state index contributed by atoms with van der Waals surface area (Å²) in [6.07, 6.45) is 0.989. The summed E-state index contributed by atoms with van der Waals surface area (Å²) in [7, 11) is 0. The van der Waals surface area contributed by atoms with Gasteiger partial charge in [-0.15, -0.1) is 0 Å². The zero-order valence-corrected chi connectivity index (χ0v) is 14.6. The van der Waals surface area contributed by atoms with Gasteiger partial charge in [0.1, 0.15) is 0 Å². The van der Waals surface area contributed by atoms with Crippen LogP contribution in [0.5, 0.6) is 0 Å². The Kier molecular flexibility index (Phi) is 5.47. The second-order valence-electron chi connectivity index (χ2n) is 6.43. The molecule has 3 rings (SSSR count). The van der Waals surface area contributed by atoms with Crippen LogP contribution in [-0.4, -0.2) is 41.9 Å². The maximum Gasteiger partial charge on any atom is 0.253 e. The number of aryl methyl sites for hydroxylation is 1. The Labute approximate surface area is 149 Å². The number of nitriles is 1. The molecule has 4 heteroatoms. The topological polar surface area (TPSA) is 47.3 Å². The highest BCUT2D eigenvalue weighted by atomic mass is 16.2. The standard InChI is InChI=1S/C21H23N3O/c1-2-17-7-9-20(10-8-17)21(25)24-13-11-23(12-14-24)16-19-5-3-18(15-22)4-6-19/h3-10H,2,11-14,16H2,1H3. The molecule has 2 aromatic carbocycles. The Morgan fingerprint density at radius 3 is 2.12 bits per heavy atom. The van der Waals surface area contributed by atoms with Gasteiger partial charge in [-0.2, -0.15) is 5.26 Å². The predicted octanol–water partition coefficient (Wildman–Crippen LogP) is 3.08. The van der Waals surface area contributed by atoms with E-state index in [0.29, 0.717) is 5.56 Å². The van der Waals surface area contributed by atoms with E-state index in [-0.39, 0.29) is 5.91 Å². The molecule has 1 fully saturated rings. The van der Waals surface area contributed by atoms with E-state index in [9.17, 15) is 4.79 Å². The van der Waals surface area contributed by atoms with Gasteiger partial charge in [0.15, 0.2) is 0 Å². The van der Waals surface area contributed by atoms with Gasteiger partial charge in [-0.25, -0.2) is 0 Å². The highest BCUT2D eigenvalue weighted by Crippen LogP contribution is 2.13. The molecule has 0 saturated carbocycles. The van der Waals surface area contributed by atoms with Crippen LogP contribution in [0.2, 0.25) is 0 Å². The van der Waals surface area contributed by atoms with Crippen molar-refractivity contribution in [2.75, 3.05) is 26.2 Å². The fourth-order valence-corrected chi connectivity index (χ4v) is 3.12. The molecule has 128 valence electrons. The SMILES string of the molecule is CCc1ccc(C(=O)N2CCN(Cc3ccc(C#N)cc3)CC2)cc1. The molecule has 0 aromatic heterocycles. The van der Waals surface area contributed by atoms with Crippen molar-refractivity contribution in [1.29, 1.82) is 5.26 Å². The third-order valence-electron chi connectivity index (χ3n) is 4.76. The van der Waals surface area contributed by atoms with E-state index in [1.807, 2.05) is 53.4 Å². The fraction of sp³-hybridized carbons (Fsp3) is 0.333. The summed E-state index contributed by atoms with van der Waals surface area (Å²) in [6.45, 7) is 6.23. The van der Waals surface area contributed by atoms with E-state index in [4.69, 9.17) is 5.26 Å². The molecule has 1 aliphatic rings. The second-order valence-corrected chi connectivity index (χ2v) is 6.43. The minimum atomic E-state index is 0.126. The largest absolute Gasteiger partial charge is 0.336 e. The monoisotopic (exact) mass is 333 g/mol. The zero-order chi connectivity index (χ0) is 17.6. The van der Waals surface area contributed by atoms with Crippen LogP contribution in [-0.2, 0) is 13.0 Å². The van der Waals surface area contributed by atoms with Crippen LogP contribution in [0.25, 0.3) is 0 Å². The maximum atomic E-state index is 12.6. The number of hydrogen-bond donors (Lipinski definition) is 0. The summed E-state index contributed by atoms with van der Waals surface area (Å²) in [4.78, 5) is 16.9. The number of hydrogen-bond acceptors (Lipinski definition) is 3. The molecule has 0 N–H and O–H groups in total. The first-order chi connectivity index (χ1) is 12.2. The zero-order valence-electron chi connectivity index (χ0n) is 14.6. The number of rotatable bonds is 4. The molecular formula is C21H23N3O. The van der Waals surface area contributed by atoms with Crippen LogP contribution < -0.4 is 0 Å². The van der Waals surface area contributed by atoms with Crippen molar-refractivity contribution in [3.8, 4) is 6.07 Å². The van der Waals surface area contributed by atoms with Gasteiger partial charge < -0.3 is 4.90 Å². The van der Waals surface area contributed by atoms with Gasteiger partial charge in [0.25, 0.3) is 5.91 Å². The first-order valence-corrected chi connectivity index (χ1v) is 8.79. The molecular weight excluding hydrogens is 310 g/mol. The number of carbonyl (C=O) groups is 1. The van der Waals surface area contributed by atoms with E-state index in [1.165, 1.54) is 11.1 Å². The van der Waals surface area contributed by atoms with Crippen molar-refractivity contribution >= 4 is 5.91 Å². The third kappa shape index (κ3) is 4.26. The fourth-order valence-electron chi connectivity index (χ4n) is 3.12. The Morgan fingerprint density at radius 1 is 0.960 bits per heavy atom. The molecule has 0 aliphatic carbocycles. The summed E-state index contributed by atoms with van der Waals surface area (Å²) in [5, 5.41) is 8.86. The Morgan fingerprint density at radius 2 is 1.56 bits per heavy atom. The van der Waals surface area contributed by atoms with Gasteiger partial charge in [0.2, 0.25) is 0 Å². The van der Waals surface area contributed by atoms with Gasteiger partial charge >= 0.3 is 0 Å².